The molecule has 0 bridgehead atoms. The quantitative estimate of drug-likeness (QED) is 0.268. The highest BCUT2D eigenvalue weighted by molar-refractivity contribution is 7.80. The van der Waals surface area contributed by atoms with Crippen LogP contribution in [-0.2, 0) is 0 Å². The number of hydrogen-bond acceptors (Lipinski definition) is 5. The molecule has 2 N–H and O–H groups in total. The molecule has 0 aliphatic heterocycles. The molecule has 0 amide bonds. The van der Waals surface area contributed by atoms with Gasteiger partial charge in [0.05, 0.1) is 11.1 Å². The molecule has 0 atom stereocenters. The number of halogens is 1. The molecule has 1 aromatic heterocycles. The number of nitro benzene ring substituents is 1. The van der Waals surface area contributed by atoms with Crippen molar-refractivity contribution in [2.45, 2.75) is 0 Å². The number of hydrazone groups is 1. The first kappa shape index (κ1) is 17.6. The normalized spacial score (nSPS) is 10.5. The molecule has 2 rings (SSSR count). The van der Waals surface area contributed by atoms with Crippen molar-refractivity contribution in [3.63, 3.8) is 0 Å². The second kappa shape index (κ2) is 8.23. The number of hydrogen-bond donors (Lipinski definition) is 2. The molecule has 0 aliphatic carbocycles. The number of furan rings is 1. The highest BCUT2D eigenvalue weighted by Crippen LogP contribution is 2.30. The first-order valence-electron chi connectivity index (χ1n) is 6.73. The van der Waals surface area contributed by atoms with Crippen LogP contribution >= 0.6 is 23.8 Å². The van der Waals surface area contributed by atoms with E-state index >= 15 is 0 Å². The minimum atomic E-state index is -0.543. The Kier molecular flexibility index (Phi) is 6.05. The minimum Gasteiger partial charge on any atom is -0.455 e. The van der Waals surface area contributed by atoms with Gasteiger partial charge in [0.2, 0.25) is 0 Å². The molecule has 0 radical (unpaired) electrons. The van der Waals surface area contributed by atoms with Crippen molar-refractivity contribution in [2.24, 2.45) is 5.10 Å². The lowest BCUT2D eigenvalue weighted by Gasteiger charge is -2.02. The second-order valence-electron chi connectivity index (χ2n) is 4.49. The first-order valence-corrected chi connectivity index (χ1v) is 7.52. The van der Waals surface area contributed by atoms with E-state index in [-0.39, 0.29) is 10.7 Å². The molecule has 0 spiro atoms. The van der Waals surface area contributed by atoms with Gasteiger partial charge < -0.3 is 9.73 Å². The van der Waals surface area contributed by atoms with Crippen LogP contribution in [0.5, 0.6) is 0 Å². The molecule has 24 heavy (non-hydrogen) atoms. The number of thiocarbonyl (C=S) groups is 1. The molecule has 9 heteroatoms. The standard InChI is InChI=1S/C15H13ClN4O3S/c1-2-7-17-15(24)19-18-9-11-4-6-14(23-11)10-3-5-12(16)13(8-10)20(21)22/h2-6,8-9H,1,7H2,(H2,17,19,24)/b18-9-. The maximum Gasteiger partial charge on any atom is 0.288 e. The van der Waals surface area contributed by atoms with Crippen LogP contribution < -0.4 is 10.7 Å². The van der Waals surface area contributed by atoms with Crippen molar-refractivity contribution in [2.75, 3.05) is 6.54 Å². The van der Waals surface area contributed by atoms with Gasteiger partial charge in [0.1, 0.15) is 16.5 Å². The van der Waals surface area contributed by atoms with E-state index in [0.29, 0.717) is 28.7 Å². The molecule has 1 aromatic carbocycles. The molecule has 124 valence electrons. The summed E-state index contributed by atoms with van der Waals surface area (Å²) < 4.78 is 5.57. The number of nitrogens with zero attached hydrogens (tertiary/aromatic N) is 2. The molecular formula is C15H13ClN4O3S. The number of nitrogens with one attached hydrogen (secondary N) is 2. The maximum absolute atomic E-state index is 10.9. The van der Waals surface area contributed by atoms with Crippen LogP contribution in [-0.4, -0.2) is 22.8 Å². The Hall–Kier alpha value is -2.71. The van der Waals surface area contributed by atoms with Crippen LogP contribution in [0.2, 0.25) is 5.02 Å². The first-order chi connectivity index (χ1) is 11.5. The summed E-state index contributed by atoms with van der Waals surface area (Å²) in [6.07, 6.45) is 3.11. The average Bonchev–Trinajstić information content (AvgIpc) is 3.02. The molecule has 0 saturated carbocycles. The van der Waals surface area contributed by atoms with Gasteiger partial charge in [0.15, 0.2) is 5.11 Å². The number of benzene rings is 1. The third kappa shape index (κ3) is 4.64. The summed E-state index contributed by atoms with van der Waals surface area (Å²) in [5.74, 6) is 0.921. The van der Waals surface area contributed by atoms with Gasteiger partial charge in [-0.25, -0.2) is 0 Å². The molecule has 0 fully saturated rings. The average molecular weight is 365 g/mol. The fourth-order valence-electron chi connectivity index (χ4n) is 1.74. The summed E-state index contributed by atoms with van der Waals surface area (Å²) in [6.45, 7) is 4.09. The summed E-state index contributed by atoms with van der Waals surface area (Å²) >= 11 is 10.8. The summed E-state index contributed by atoms with van der Waals surface area (Å²) in [5.41, 5.74) is 2.99. The molecule has 0 saturated heterocycles. The van der Waals surface area contributed by atoms with E-state index in [1.54, 1.807) is 24.3 Å². The Bertz CT molecular complexity index is 804. The number of rotatable bonds is 6. The summed E-state index contributed by atoms with van der Waals surface area (Å²) in [5, 5.41) is 18.1. The highest BCUT2D eigenvalue weighted by atomic mass is 35.5. The van der Waals surface area contributed by atoms with E-state index in [9.17, 15) is 10.1 Å². The maximum atomic E-state index is 10.9. The van der Waals surface area contributed by atoms with Gasteiger partial charge >= 0.3 is 0 Å². The van der Waals surface area contributed by atoms with E-state index in [1.807, 2.05) is 0 Å². The second-order valence-corrected chi connectivity index (χ2v) is 5.31. The Morgan fingerprint density at radius 2 is 2.25 bits per heavy atom. The molecule has 0 unspecified atom stereocenters. The van der Waals surface area contributed by atoms with Crippen molar-refractivity contribution in [3.8, 4) is 11.3 Å². The van der Waals surface area contributed by atoms with Crippen molar-refractivity contribution in [1.82, 2.24) is 10.7 Å². The third-order valence-corrected chi connectivity index (χ3v) is 3.37. The molecule has 7 nitrogen and oxygen atoms in total. The van der Waals surface area contributed by atoms with E-state index in [4.69, 9.17) is 28.2 Å². The lowest BCUT2D eigenvalue weighted by atomic mass is 10.1. The van der Waals surface area contributed by atoms with Gasteiger partial charge in [-0.05, 0) is 36.5 Å². The molecule has 2 aromatic rings. The summed E-state index contributed by atoms with van der Waals surface area (Å²) in [7, 11) is 0. The lowest BCUT2D eigenvalue weighted by molar-refractivity contribution is -0.384. The fraction of sp³-hybridized carbons (Fsp3) is 0.0667. The van der Waals surface area contributed by atoms with E-state index in [2.05, 4.69) is 22.4 Å². The molecule has 1 heterocycles. The predicted octanol–water partition coefficient (Wildman–Crippen LogP) is 3.49. The summed E-state index contributed by atoms with van der Waals surface area (Å²) in [4.78, 5) is 10.4. The summed E-state index contributed by atoms with van der Waals surface area (Å²) in [6, 6.07) is 7.82. The zero-order valence-corrected chi connectivity index (χ0v) is 13.9. The van der Waals surface area contributed by atoms with Crippen molar-refractivity contribution in [3.05, 3.63) is 63.9 Å². The predicted molar refractivity (Wildman–Crippen MR) is 97.3 cm³/mol. The van der Waals surface area contributed by atoms with Gasteiger partial charge in [0, 0.05) is 18.2 Å². The lowest BCUT2D eigenvalue weighted by Crippen LogP contribution is -2.31. The van der Waals surface area contributed by atoms with Crippen LogP contribution in [0.1, 0.15) is 5.76 Å². The molecular weight excluding hydrogens is 352 g/mol. The Labute approximate surface area is 148 Å². The van der Waals surface area contributed by atoms with E-state index in [1.165, 1.54) is 18.3 Å². The van der Waals surface area contributed by atoms with E-state index < -0.39 is 4.92 Å². The topological polar surface area (TPSA) is 92.7 Å². The molecule has 0 aliphatic rings. The van der Waals surface area contributed by atoms with Crippen molar-refractivity contribution >= 4 is 40.8 Å². The van der Waals surface area contributed by atoms with Crippen molar-refractivity contribution < 1.29 is 9.34 Å². The monoisotopic (exact) mass is 364 g/mol. The van der Waals surface area contributed by atoms with E-state index in [0.717, 1.165) is 0 Å². The van der Waals surface area contributed by atoms with Crippen LogP contribution in [0, 0.1) is 10.1 Å². The Balaban J connectivity index is 2.08. The van der Waals surface area contributed by atoms with Gasteiger partial charge in [-0.2, -0.15) is 5.10 Å². The smallest absolute Gasteiger partial charge is 0.288 e. The Morgan fingerprint density at radius 3 is 2.96 bits per heavy atom. The minimum absolute atomic E-state index is 0.0711. The zero-order chi connectivity index (χ0) is 17.5. The third-order valence-electron chi connectivity index (χ3n) is 2.82. The van der Waals surface area contributed by atoms with Crippen LogP contribution in [0.25, 0.3) is 11.3 Å². The highest BCUT2D eigenvalue weighted by Gasteiger charge is 2.15. The van der Waals surface area contributed by atoms with Crippen LogP contribution in [0.3, 0.4) is 0 Å². The van der Waals surface area contributed by atoms with Crippen LogP contribution in [0.15, 0.2) is 52.5 Å². The van der Waals surface area contributed by atoms with Gasteiger partial charge in [-0.3, -0.25) is 15.5 Å². The van der Waals surface area contributed by atoms with Gasteiger partial charge in [-0.1, -0.05) is 17.7 Å². The largest absolute Gasteiger partial charge is 0.455 e. The van der Waals surface area contributed by atoms with Gasteiger partial charge in [0.25, 0.3) is 5.69 Å². The van der Waals surface area contributed by atoms with Crippen molar-refractivity contribution in [1.29, 1.82) is 0 Å². The number of nitro groups is 1. The fourth-order valence-corrected chi connectivity index (χ4v) is 2.06. The van der Waals surface area contributed by atoms with Gasteiger partial charge in [-0.15, -0.1) is 6.58 Å². The zero-order valence-electron chi connectivity index (χ0n) is 12.4. The van der Waals surface area contributed by atoms with Crippen LogP contribution in [0.4, 0.5) is 5.69 Å². The SMILES string of the molecule is C=CCNC(=S)N/N=C\c1ccc(-c2ccc(Cl)c([N+](=O)[O-])c2)o1. The Morgan fingerprint density at radius 1 is 1.46 bits per heavy atom.